The van der Waals surface area contributed by atoms with Crippen LogP contribution >= 0.6 is 15.9 Å². The molecule has 4 aromatic rings. The molecule has 188 valence electrons. The van der Waals surface area contributed by atoms with Gasteiger partial charge in [0, 0.05) is 34.5 Å². The number of halogens is 1. The number of carbonyl (C=O) groups is 1. The molecule has 0 saturated carbocycles. The first-order valence-corrected chi connectivity index (χ1v) is 12.5. The van der Waals surface area contributed by atoms with Crippen LogP contribution in [0, 0.1) is 0 Å². The number of fused-ring (bicyclic) bond motifs is 2. The lowest BCUT2D eigenvalue weighted by molar-refractivity contribution is -0.253. The van der Waals surface area contributed by atoms with Gasteiger partial charge in [-0.25, -0.2) is 0 Å². The highest BCUT2D eigenvalue weighted by Gasteiger charge is 2.51. The van der Waals surface area contributed by atoms with Gasteiger partial charge in [0.1, 0.15) is 5.54 Å². The summed E-state index contributed by atoms with van der Waals surface area (Å²) < 4.78 is 8.09. The van der Waals surface area contributed by atoms with Crippen LogP contribution in [0.1, 0.15) is 22.3 Å². The van der Waals surface area contributed by atoms with Crippen LogP contribution in [-0.4, -0.2) is 68.2 Å². The van der Waals surface area contributed by atoms with Crippen molar-refractivity contribution >= 4 is 43.5 Å². The van der Waals surface area contributed by atoms with E-state index in [4.69, 9.17) is 4.74 Å². The lowest BCUT2D eigenvalue weighted by atomic mass is 9.85. The molecule has 5 N–H and O–H groups in total. The molecule has 1 aromatic heterocycles. The fourth-order valence-corrected chi connectivity index (χ4v) is 5.22. The van der Waals surface area contributed by atoms with Gasteiger partial charge in [-0.15, -0.1) is 0 Å². The smallest absolute Gasteiger partial charge is 0.254 e. The third-order valence-electron chi connectivity index (χ3n) is 6.91. The molecule has 4 atom stereocenters. The summed E-state index contributed by atoms with van der Waals surface area (Å²) >= 11 is 3.47. The van der Waals surface area contributed by atoms with Gasteiger partial charge in [0.25, 0.3) is 5.91 Å². The number of aliphatic hydroxyl groups is 4. The van der Waals surface area contributed by atoms with Gasteiger partial charge in [-0.05, 0) is 40.6 Å². The van der Waals surface area contributed by atoms with Gasteiger partial charge < -0.3 is 35.0 Å². The van der Waals surface area contributed by atoms with E-state index in [-0.39, 0.29) is 6.42 Å². The van der Waals surface area contributed by atoms with Crippen molar-refractivity contribution in [3.8, 4) is 0 Å². The van der Waals surface area contributed by atoms with E-state index in [0.717, 1.165) is 26.3 Å². The Morgan fingerprint density at radius 3 is 2.58 bits per heavy atom. The number of amides is 1. The molecular formula is C27H27BrN2O6. The molecule has 2 heterocycles. The number of rotatable bonds is 6. The van der Waals surface area contributed by atoms with E-state index in [0.29, 0.717) is 17.5 Å². The summed E-state index contributed by atoms with van der Waals surface area (Å²) in [5, 5.41) is 46.3. The Labute approximate surface area is 215 Å². The highest BCUT2D eigenvalue weighted by atomic mass is 79.9. The van der Waals surface area contributed by atoms with Crippen molar-refractivity contribution in [2.75, 3.05) is 13.2 Å². The molecule has 1 fully saturated rings. The third-order valence-corrected chi connectivity index (χ3v) is 7.40. The van der Waals surface area contributed by atoms with Gasteiger partial charge in [-0.2, -0.15) is 0 Å². The number of hydrogen-bond donors (Lipinski definition) is 5. The molecule has 1 aliphatic rings. The molecule has 1 amide bonds. The number of benzene rings is 3. The van der Waals surface area contributed by atoms with Crippen LogP contribution in [0.25, 0.3) is 21.7 Å². The Morgan fingerprint density at radius 1 is 1.08 bits per heavy atom. The molecule has 36 heavy (non-hydrogen) atoms. The standard InChI is InChI=1S/C27H27BrN2O6/c28-19-7-8-23-21(10-19)22(13-30(23)12-16-5-6-17-3-1-2-4-18(17)9-16)25(34)29-27(15-32)24(33)11-20(14-31)36-26(27)35/h1-10,13,20,24,26,31-33,35H,11-12,14-15H2,(H,29,34)/t20-,24-,26?,27+/m0/s1. The SMILES string of the molecule is O=C(N[C@@]1(CO)C(O)O[C@H](CO)C[C@@H]1O)c1cn(Cc2ccc3ccccc3c2)c2ccc(Br)cc12. The lowest BCUT2D eigenvalue weighted by Crippen LogP contribution is -2.70. The van der Waals surface area contributed by atoms with Crippen LogP contribution in [-0.2, 0) is 11.3 Å². The maximum absolute atomic E-state index is 13.5. The zero-order valence-corrected chi connectivity index (χ0v) is 20.9. The minimum absolute atomic E-state index is 0.0519. The molecule has 0 bridgehead atoms. The molecular weight excluding hydrogens is 528 g/mol. The lowest BCUT2D eigenvalue weighted by Gasteiger charge is -2.46. The first kappa shape index (κ1) is 24.9. The summed E-state index contributed by atoms with van der Waals surface area (Å²) in [5.41, 5.74) is 0.384. The normalized spacial score (nSPS) is 24.3. The average molecular weight is 555 g/mol. The Bertz CT molecular complexity index is 1410. The first-order valence-electron chi connectivity index (χ1n) is 11.7. The van der Waals surface area contributed by atoms with Crippen molar-refractivity contribution in [1.82, 2.24) is 9.88 Å². The number of ether oxygens (including phenoxy) is 1. The van der Waals surface area contributed by atoms with Crippen LogP contribution in [0.4, 0.5) is 0 Å². The molecule has 0 radical (unpaired) electrons. The minimum Gasteiger partial charge on any atom is -0.394 e. The Kier molecular flexibility index (Phi) is 6.86. The van der Waals surface area contributed by atoms with E-state index in [2.05, 4.69) is 51.6 Å². The number of hydrogen-bond acceptors (Lipinski definition) is 6. The Hall–Kier alpha value is -2.79. The number of aliphatic hydroxyl groups excluding tert-OH is 4. The number of aromatic nitrogens is 1. The van der Waals surface area contributed by atoms with E-state index in [9.17, 15) is 25.2 Å². The largest absolute Gasteiger partial charge is 0.394 e. The molecule has 1 saturated heterocycles. The fourth-order valence-electron chi connectivity index (χ4n) is 4.86. The van der Waals surface area contributed by atoms with Crippen LogP contribution in [0.3, 0.4) is 0 Å². The summed E-state index contributed by atoms with van der Waals surface area (Å²) in [6, 6.07) is 20.0. The van der Waals surface area contributed by atoms with Crippen LogP contribution in [0.15, 0.2) is 71.3 Å². The Morgan fingerprint density at radius 2 is 1.86 bits per heavy atom. The second kappa shape index (κ2) is 9.93. The summed E-state index contributed by atoms with van der Waals surface area (Å²) in [6.07, 6.45) is -2.16. The van der Waals surface area contributed by atoms with Gasteiger partial charge in [-0.3, -0.25) is 4.79 Å². The van der Waals surface area contributed by atoms with Crippen molar-refractivity contribution in [3.63, 3.8) is 0 Å². The van der Waals surface area contributed by atoms with E-state index < -0.39 is 43.2 Å². The quantitative estimate of drug-likeness (QED) is 0.249. The monoisotopic (exact) mass is 554 g/mol. The van der Waals surface area contributed by atoms with Crippen LogP contribution in [0.2, 0.25) is 0 Å². The third kappa shape index (κ3) is 4.43. The number of nitrogens with one attached hydrogen (secondary N) is 1. The molecule has 1 aliphatic heterocycles. The van der Waals surface area contributed by atoms with Gasteiger partial charge in [0.05, 0.1) is 31.0 Å². The van der Waals surface area contributed by atoms with Crippen molar-refractivity contribution < 1.29 is 30.0 Å². The average Bonchev–Trinajstić information content (AvgIpc) is 3.23. The van der Waals surface area contributed by atoms with E-state index in [1.165, 1.54) is 0 Å². The van der Waals surface area contributed by atoms with E-state index in [1.54, 1.807) is 6.20 Å². The number of carbonyl (C=O) groups excluding carboxylic acids is 1. The second-order valence-corrected chi connectivity index (χ2v) is 10.1. The highest BCUT2D eigenvalue weighted by Crippen LogP contribution is 2.31. The van der Waals surface area contributed by atoms with Crippen molar-refractivity contribution in [3.05, 3.63) is 82.5 Å². The highest BCUT2D eigenvalue weighted by molar-refractivity contribution is 9.10. The van der Waals surface area contributed by atoms with Gasteiger partial charge in [0.2, 0.25) is 0 Å². The molecule has 1 unspecified atom stereocenters. The summed E-state index contributed by atoms with van der Waals surface area (Å²) in [7, 11) is 0. The Balaban J connectivity index is 1.50. The van der Waals surface area contributed by atoms with Gasteiger partial charge in [0.15, 0.2) is 6.29 Å². The second-order valence-electron chi connectivity index (χ2n) is 9.21. The van der Waals surface area contributed by atoms with Gasteiger partial charge in [-0.1, -0.05) is 52.3 Å². The maximum Gasteiger partial charge on any atom is 0.254 e. The predicted molar refractivity (Wildman–Crippen MR) is 139 cm³/mol. The summed E-state index contributed by atoms with van der Waals surface area (Å²) in [6.45, 7) is -0.633. The van der Waals surface area contributed by atoms with Crippen molar-refractivity contribution in [2.24, 2.45) is 0 Å². The molecule has 3 aromatic carbocycles. The van der Waals surface area contributed by atoms with Crippen molar-refractivity contribution in [2.45, 2.75) is 37.0 Å². The zero-order valence-electron chi connectivity index (χ0n) is 19.3. The molecule has 0 spiro atoms. The molecule has 9 heteroatoms. The van der Waals surface area contributed by atoms with E-state index in [1.807, 2.05) is 34.9 Å². The molecule has 8 nitrogen and oxygen atoms in total. The number of nitrogens with zero attached hydrogens (tertiary/aromatic N) is 1. The predicted octanol–water partition coefficient (Wildman–Crippen LogP) is 2.53. The fraction of sp³-hybridized carbons (Fsp3) is 0.296. The topological polar surface area (TPSA) is 124 Å². The van der Waals surface area contributed by atoms with Gasteiger partial charge >= 0.3 is 0 Å². The summed E-state index contributed by atoms with van der Waals surface area (Å²) in [4.78, 5) is 13.5. The molecule has 0 aliphatic carbocycles. The molecule has 5 rings (SSSR count). The van der Waals surface area contributed by atoms with Crippen molar-refractivity contribution in [1.29, 1.82) is 0 Å². The summed E-state index contributed by atoms with van der Waals surface area (Å²) in [5.74, 6) is -0.575. The zero-order chi connectivity index (χ0) is 25.4. The maximum atomic E-state index is 13.5. The first-order chi connectivity index (χ1) is 17.3. The van der Waals surface area contributed by atoms with Crippen LogP contribution < -0.4 is 5.32 Å². The van der Waals surface area contributed by atoms with Crippen LogP contribution in [0.5, 0.6) is 0 Å². The minimum atomic E-state index is -1.83. The van der Waals surface area contributed by atoms with E-state index >= 15 is 0 Å².